The summed E-state index contributed by atoms with van der Waals surface area (Å²) in [7, 11) is 1.73. The van der Waals surface area contributed by atoms with Crippen molar-refractivity contribution in [2.45, 2.75) is 82.0 Å². The molecule has 0 saturated carbocycles. The summed E-state index contributed by atoms with van der Waals surface area (Å²) < 4.78 is 7.51. The summed E-state index contributed by atoms with van der Waals surface area (Å²) in [4.78, 5) is 4.40. The van der Waals surface area contributed by atoms with Gasteiger partial charge in [0.25, 0.3) is 0 Å². The monoisotopic (exact) mass is 417 g/mol. The molecule has 1 heterocycles. The Hall–Kier alpha value is 0.229. The summed E-state index contributed by atoms with van der Waals surface area (Å²) in [5.74, 6) is 0. The van der Waals surface area contributed by atoms with E-state index in [1.165, 1.54) is 57.8 Å². The molecule has 21 heavy (non-hydrogen) atoms. The molecule has 0 aliphatic rings. The Morgan fingerprint density at radius 2 is 1.57 bits per heavy atom. The van der Waals surface area contributed by atoms with Crippen molar-refractivity contribution in [2.75, 3.05) is 7.11 Å². The van der Waals surface area contributed by atoms with Crippen molar-refractivity contribution in [3.05, 3.63) is 6.20 Å². The predicted octanol–water partition coefficient (Wildman–Crippen LogP) is 5.21. The first-order valence-electron chi connectivity index (χ1n) is 8.47. The van der Waals surface area contributed by atoms with Crippen molar-refractivity contribution in [3.63, 3.8) is 0 Å². The molecule has 0 bridgehead atoms. The Kier molecular flexibility index (Phi) is 9.98. The van der Waals surface area contributed by atoms with Crippen LogP contribution in [0.25, 0.3) is 0 Å². The topological polar surface area (TPSA) is 22.1 Å². The fourth-order valence-corrected chi connectivity index (χ4v) is 10.4. The van der Waals surface area contributed by atoms with Crippen LogP contribution in [0, 0.1) is 0 Å². The Morgan fingerprint density at radius 1 is 1.05 bits per heavy atom. The van der Waals surface area contributed by atoms with E-state index in [1.54, 1.807) is 21.3 Å². The van der Waals surface area contributed by atoms with Gasteiger partial charge in [-0.25, -0.2) is 0 Å². The molecule has 0 spiro atoms. The maximum atomic E-state index is 5.29. The van der Waals surface area contributed by atoms with Crippen molar-refractivity contribution >= 4 is 35.4 Å². The summed E-state index contributed by atoms with van der Waals surface area (Å²) in [5.41, 5.74) is 0. The van der Waals surface area contributed by atoms with Crippen LogP contribution in [0.1, 0.15) is 78.6 Å². The summed E-state index contributed by atoms with van der Waals surface area (Å²) in [6.45, 7) is 6.97. The fourth-order valence-electron chi connectivity index (χ4n) is 2.78. The molecule has 0 aliphatic carbocycles. The van der Waals surface area contributed by atoms with E-state index in [1.807, 2.05) is 0 Å². The van der Waals surface area contributed by atoms with Gasteiger partial charge in [-0.3, -0.25) is 0 Å². The van der Waals surface area contributed by atoms with Gasteiger partial charge in [-0.1, -0.05) is 0 Å². The van der Waals surface area contributed by atoms with Gasteiger partial charge in [0.1, 0.15) is 0 Å². The van der Waals surface area contributed by atoms with E-state index in [0.717, 1.165) is 5.19 Å². The normalized spacial score (nSPS) is 11.8. The molecule has 0 N–H and O–H groups in total. The average molecular weight is 416 g/mol. The molecule has 2 nitrogen and oxygen atoms in total. The van der Waals surface area contributed by atoms with Gasteiger partial charge in [-0.15, -0.1) is 0 Å². The molecule has 120 valence electrons. The van der Waals surface area contributed by atoms with Crippen LogP contribution in [0.15, 0.2) is 6.20 Å². The number of hydrogen-bond donors (Lipinski definition) is 0. The van der Waals surface area contributed by atoms with Gasteiger partial charge in [0, 0.05) is 0 Å². The minimum absolute atomic E-state index is 0.606. The fraction of sp³-hybridized carbons (Fsp3) is 0.824. The molecule has 0 atom stereocenters. The van der Waals surface area contributed by atoms with Gasteiger partial charge in [0.2, 0.25) is 0 Å². The molecule has 0 unspecified atom stereocenters. The Balaban J connectivity index is 2.83. The molecule has 0 fully saturated rings. The number of aromatic nitrogens is 1. The molecule has 1 aromatic rings. The van der Waals surface area contributed by atoms with E-state index in [0.29, 0.717) is 3.43 Å². The van der Waals surface area contributed by atoms with Crippen LogP contribution >= 0.6 is 11.3 Å². The third kappa shape index (κ3) is 6.89. The Labute approximate surface area is 145 Å². The summed E-state index contributed by atoms with van der Waals surface area (Å²) >= 11 is 1.20. The van der Waals surface area contributed by atoms with Crippen LogP contribution in [-0.2, 0) is 0 Å². The molecule has 4 heteroatoms. The molecule has 1 aromatic heterocycles. The van der Waals surface area contributed by atoms with Crippen LogP contribution < -0.4 is 7.63 Å². The number of methoxy groups -OCH3 is 1. The van der Waals surface area contributed by atoms with E-state index in [9.17, 15) is 0 Å². The zero-order chi connectivity index (χ0) is 15.6. The minimum atomic E-state index is -0.606. The number of hydrogen-bond acceptors (Lipinski definition) is 3. The summed E-state index contributed by atoms with van der Waals surface area (Å²) in [6.07, 6.45) is 14.6. The average Bonchev–Trinajstić information content (AvgIpc) is 2.96. The van der Waals surface area contributed by atoms with Crippen molar-refractivity contribution in [2.24, 2.45) is 0 Å². The maximum absolute atomic E-state index is 5.29. The third-order valence-corrected chi connectivity index (χ3v) is 11.1. The second-order valence-corrected chi connectivity index (χ2v) is 13.2. The zero-order valence-electron chi connectivity index (χ0n) is 14.2. The van der Waals surface area contributed by atoms with Crippen LogP contribution in [0.2, 0.25) is 3.43 Å². The Bertz CT molecular complexity index is 359. The Morgan fingerprint density at radius 3 is 1.95 bits per heavy atom. The molecule has 0 aliphatic heterocycles. The molecule has 0 saturated heterocycles. The van der Waals surface area contributed by atoms with Gasteiger partial charge in [-0.2, -0.15) is 0 Å². The second kappa shape index (κ2) is 10.9. The molecular weight excluding hydrogens is 385 g/mol. The number of unbranched alkanes of at least 4 members (excludes halogenated alkanes) is 3. The number of nitrogens with zero attached hydrogens (tertiary/aromatic N) is 1. The second-order valence-electron chi connectivity index (χ2n) is 5.91. The van der Waals surface area contributed by atoms with Crippen LogP contribution in [0.5, 0.6) is 5.19 Å². The standard InChI is InChI=1S/C13H27.C4H4NOS.Sn/c1-4-7-10-13(11-8-5-2)12-9-6-3;1-6-4-5-2-3-7-4;/h4-12H2,1-3H3;2H,1H3;. The van der Waals surface area contributed by atoms with Gasteiger partial charge >= 0.3 is 146 Å². The quantitative estimate of drug-likeness (QED) is 0.437. The van der Waals surface area contributed by atoms with Crippen molar-refractivity contribution in [3.8, 4) is 5.19 Å². The molecule has 0 amide bonds. The van der Waals surface area contributed by atoms with E-state index in [4.69, 9.17) is 4.74 Å². The molecule has 1 rings (SSSR count). The molecule has 2 radical (unpaired) electrons. The van der Waals surface area contributed by atoms with E-state index >= 15 is 0 Å². The van der Waals surface area contributed by atoms with Crippen LogP contribution in [0.4, 0.5) is 0 Å². The summed E-state index contributed by atoms with van der Waals surface area (Å²) in [5, 5.41) is 0.848. The van der Waals surface area contributed by atoms with E-state index in [2.05, 4.69) is 32.0 Å². The van der Waals surface area contributed by atoms with Crippen molar-refractivity contribution in [1.82, 2.24) is 4.98 Å². The number of rotatable bonds is 12. The van der Waals surface area contributed by atoms with Crippen LogP contribution in [0.3, 0.4) is 0 Å². The summed E-state index contributed by atoms with van der Waals surface area (Å²) in [6, 6.07) is 0. The zero-order valence-corrected chi connectivity index (χ0v) is 17.9. The number of ether oxygens (including phenoxy) is 1. The molecule has 0 aromatic carbocycles. The van der Waals surface area contributed by atoms with Gasteiger partial charge in [0.15, 0.2) is 0 Å². The predicted molar refractivity (Wildman–Crippen MR) is 95.3 cm³/mol. The van der Waals surface area contributed by atoms with E-state index < -0.39 is 21.1 Å². The third-order valence-electron chi connectivity index (χ3n) is 4.07. The van der Waals surface area contributed by atoms with Gasteiger partial charge < -0.3 is 0 Å². The first-order chi connectivity index (χ1) is 10.2. The number of thiazole rings is 1. The SMILES string of the molecule is CCCC[C](CCCC)(CCCC)[Sn][c]1cnc(OC)s1. The van der Waals surface area contributed by atoms with Crippen molar-refractivity contribution in [1.29, 1.82) is 0 Å². The first kappa shape index (κ1) is 19.3. The van der Waals surface area contributed by atoms with Crippen LogP contribution in [-0.4, -0.2) is 33.2 Å². The van der Waals surface area contributed by atoms with Gasteiger partial charge in [0.05, 0.1) is 0 Å². The molecular formula is C17H31NOSSn. The van der Waals surface area contributed by atoms with E-state index in [-0.39, 0.29) is 0 Å². The van der Waals surface area contributed by atoms with Crippen molar-refractivity contribution < 1.29 is 4.74 Å². The van der Waals surface area contributed by atoms with Gasteiger partial charge in [-0.05, 0) is 0 Å². The first-order valence-corrected chi connectivity index (χ1v) is 12.1.